The van der Waals surface area contributed by atoms with Gasteiger partial charge in [0.1, 0.15) is 5.82 Å². The second kappa shape index (κ2) is 5.78. The van der Waals surface area contributed by atoms with Gasteiger partial charge in [0.05, 0.1) is 6.10 Å². The molecule has 18 heavy (non-hydrogen) atoms. The van der Waals surface area contributed by atoms with Crippen molar-refractivity contribution in [2.75, 3.05) is 26.2 Å². The summed E-state index contributed by atoms with van der Waals surface area (Å²) in [6.45, 7) is 7.55. The van der Waals surface area contributed by atoms with Gasteiger partial charge < -0.3 is 10.4 Å². The van der Waals surface area contributed by atoms with Crippen LogP contribution in [0.5, 0.6) is 0 Å². The normalized spacial score (nSPS) is 20.7. The van der Waals surface area contributed by atoms with Crippen LogP contribution in [0.15, 0.2) is 18.2 Å². The molecule has 0 bridgehead atoms. The van der Waals surface area contributed by atoms with Crippen molar-refractivity contribution in [3.8, 4) is 0 Å². The van der Waals surface area contributed by atoms with Gasteiger partial charge in [0, 0.05) is 32.2 Å². The summed E-state index contributed by atoms with van der Waals surface area (Å²) in [5, 5.41) is 13.7. The average Bonchev–Trinajstić information content (AvgIpc) is 2.41. The predicted octanol–water partition coefficient (Wildman–Crippen LogP) is 1.46. The Balaban J connectivity index is 2.09. The first kappa shape index (κ1) is 13.5. The molecule has 2 rings (SSSR count). The summed E-state index contributed by atoms with van der Waals surface area (Å²) in [4.78, 5) is 2.26. The minimum Gasteiger partial charge on any atom is -0.387 e. The summed E-state index contributed by atoms with van der Waals surface area (Å²) < 4.78 is 13.2. The zero-order valence-corrected chi connectivity index (χ0v) is 11.0. The molecule has 0 aromatic heterocycles. The predicted molar refractivity (Wildman–Crippen MR) is 70.0 cm³/mol. The van der Waals surface area contributed by atoms with E-state index in [0.717, 1.165) is 31.7 Å². The maximum atomic E-state index is 13.2. The maximum absolute atomic E-state index is 13.2. The zero-order valence-electron chi connectivity index (χ0n) is 11.0. The first-order valence-corrected chi connectivity index (χ1v) is 6.48. The van der Waals surface area contributed by atoms with Crippen molar-refractivity contribution >= 4 is 0 Å². The van der Waals surface area contributed by atoms with Gasteiger partial charge in [-0.2, -0.15) is 0 Å². The fraction of sp³-hybridized carbons (Fsp3) is 0.571. The summed E-state index contributed by atoms with van der Waals surface area (Å²) in [6, 6.07) is 4.89. The van der Waals surface area contributed by atoms with Crippen molar-refractivity contribution in [2.24, 2.45) is 0 Å². The van der Waals surface area contributed by atoms with E-state index in [1.54, 1.807) is 19.1 Å². The number of aliphatic hydroxyl groups excluding tert-OH is 1. The van der Waals surface area contributed by atoms with Gasteiger partial charge in [0.25, 0.3) is 0 Å². The van der Waals surface area contributed by atoms with Crippen molar-refractivity contribution in [1.29, 1.82) is 0 Å². The number of nitrogens with zero attached hydrogens (tertiary/aromatic N) is 1. The molecule has 0 radical (unpaired) electrons. The highest BCUT2D eigenvalue weighted by molar-refractivity contribution is 5.26. The van der Waals surface area contributed by atoms with Gasteiger partial charge in [0.2, 0.25) is 0 Å². The molecule has 2 unspecified atom stereocenters. The summed E-state index contributed by atoms with van der Waals surface area (Å²) >= 11 is 0. The van der Waals surface area contributed by atoms with E-state index in [1.165, 1.54) is 6.07 Å². The molecule has 100 valence electrons. The third-order valence-corrected chi connectivity index (χ3v) is 3.71. The lowest BCUT2D eigenvalue weighted by Crippen LogP contribution is -2.49. The molecule has 1 fully saturated rings. The summed E-state index contributed by atoms with van der Waals surface area (Å²) in [7, 11) is 0. The highest BCUT2D eigenvalue weighted by Crippen LogP contribution is 2.23. The van der Waals surface area contributed by atoms with Crippen LogP contribution in [-0.4, -0.2) is 42.2 Å². The molecule has 1 saturated heterocycles. The molecule has 0 spiro atoms. The van der Waals surface area contributed by atoms with E-state index in [4.69, 9.17) is 0 Å². The van der Waals surface area contributed by atoms with Gasteiger partial charge in [-0.05, 0) is 31.0 Å². The number of halogens is 1. The molecule has 4 heteroatoms. The van der Waals surface area contributed by atoms with Crippen molar-refractivity contribution in [3.05, 3.63) is 35.1 Å². The number of benzene rings is 1. The van der Waals surface area contributed by atoms with E-state index in [1.807, 2.05) is 6.92 Å². The first-order chi connectivity index (χ1) is 8.59. The lowest BCUT2D eigenvalue weighted by Gasteiger charge is -2.35. The van der Waals surface area contributed by atoms with Gasteiger partial charge in [-0.3, -0.25) is 4.90 Å². The number of aliphatic hydroxyl groups is 1. The molecule has 0 saturated carbocycles. The summed E-state index contributed by atoms with van der Waals surface area (Å²) in [5.74, 6) is -0.222. The quantitative estimate of drug-likeness (QED) is 0.855. The van der Waals surface area contributed by atoms with Crippen LogP contribution < -0.4 is 5.32 Å². The molecule has 1 aliphatic rings. The molecule has 0 aliphatic carbocycles. The number of hydrogen-bond acceptors (Lipinski definition) is 3. The standard InChI is InChI=1S/C14H21FN2O/c1-10-9-12(3-4-13(10)15)14(18)11(2)17-7-5-16-6-8-17/h3-4,9,11,14,16,18H,5-8H2,1-2H3. The minimum atomic E-state index is -0.567. The van der Waals surface area contributed by atoms with Crippen LogP contribution in [0.4, 0.5) is 4.39 Å². The topological polar surface area (TPSA) is 35.5 Å². The van der Waals surface area contributed by atoms with Crippen molar-refractivity contribution < 1.29 is 9.50 Å². The van der Waals surface area contributed by atoms with Crippen LogP contribution in [0, 0.1) is 12.7 Å². The SMILES string of the molecule is Cc1cc(C(O)C(C)N2CCNCC2)ccc1F. The lowest BCUT2D eigenvalue weighted by atomic mass is 10.00. The van der Waals surface area contributed by atoms with Crippen LogP contribution in [0.1, 0.15) is 24.2 Å². The molecule has 1 aromatic rings. The van der Waals surface area contributed by atoms with E-state index < -0.39 is 6.10 Å². The second-order valence-electron chi connectivity index (χ2n) is 4.98. The number of rotatable bonds is 3. The Morgan fingerprint density at radius 3 is 2.61 bits per heavy atom. The number of piperazine rings is 1. The van der Waals surface area contributed by atoms with E-state index >= 15 is 0 Å². The Bertz CT molecular complexity index is 405. The molecular weight excluding hydrogens is 231 g/mol. The highest BCUT2D eigenvalue weighted by Gasteiger charge is 2.24. The fourth-order valence-electron chi connectivity index (χ4n) is 2.42. The Hall–Kier alpha value is -0.970. The first-order valence-electron chi connectivity index (χ1n) is 6.48. The van der Waals surface area contributed by atoms with Crippen LogP contribution in [0.3, 0.4) is 0 Å². The fourth-order valence-corrected chi connectivity index (χ4v) is 2.42. The number of hydrogen-bond donors (Lipinski definition) is 2. The van der Waals surface area contributed by atoms with Crippen LogP contribution in [0.25, 0.3) is 0 Å². The zero-order chi connectivity index (χ0) is 13.1. The van der Waals surface area contributed by atoms with E-state index in [2.05, 4.69) is 10.2 Å². The Labute approximate surface area is 108 Å². The molecule has 1 aromatic carbocycles. The van der Waals surface area contributed by atoms with Crippen LogP contribution in [-0.2, 0) is 0 Å². The smallest absolute Gasteiger partial charge is 0.126 e. The van der Waals surface area contributed by atoms with E-state index in [-0.39, 0.29) is 11.9 Å². The minimum absolute atomic E-state index is 0.0527. The second-order valence-corrected chi connectivity index (χ2v) is 4.98. The molecule has 2 atom stereocenters. The average molecular weight is 252 g/mol. The van der Waals surface area contributed by atoms with E-state index in [0.29, 0.717) is 5.56 Å². The van der Waals surface area contributed by atoms with Gasteiger partial charge in [0.15, 0.2) is 0 Å². The maximum Gasteiger partial charge on any atom is 0.126 e. The molecule has 1 aliphatic heterocycles. The third kappa shape index (κ3) is 2.88. The van der Waals surface area contributed by atoms with Crippen molar-refractivity contribution in [2.45, 2.75) is 26.0 Å². The van der Waals surface area contributed by atoms with Gasteiger partial charge >= 0.3 is 0 Å². The Morgan fingerprint density at radius 1 is 1.33 bits per heavy atom. The largest absolute Gasteiger partial charge is 0.387 e. The molecular formula is C14H21FN2O. The van der Waals surface area contributed by atoms with Gasteiger partial charge in [-0.15, -0.1) is 0 Å². The summed E-state index contributed by atoms with van der Waals surface area (Å²) in [5.41, 5.74) is 1.37. The molecule has 3 nitrogen and oxygen atoms in total. The van der Waals surface area contributed by atoms with Crippen molar-refractivity contribution in [3.63, 3.8) is 0 Å². The number of aryl methyl sites for hydroxylation is 1. The number of nitrogens with one attached hydrogen (secondary N) is 1. The third-order valence-electron chi connectivity index (χ3n) is 3.71. The van der Waals surface area contributed by atoms with Gasteiger partial charge in [-0.1, -0.05) is 12.1 Å². The monoisotopic (exact) mass is 252 g/mol. The van der Waals surface area contributed by atoms with Crippen molar-refractivity contribution in [1.82, 2.24) is 10.2 Å². The Morgan fingerprint density at radius 2 is 2.00 bits per heavy atom. The molecule has 1 heterocycles. The van der Waals surface area contributed by atoms with Gasteiger partial charge in [-0.25, -0.2) is 4.39 Å². The molecule has 0 amide bonds. The van der Waals surface area contributed by atoms with E-state index in [9.17, 15) is 9.50 Å². The Kier molecular flexibility index (Phi) is 4.32. The van der Waals surface area contributed by atoms with Crippen LogP contribution in [0.2, 0.25) is 0 Å². The highest BCUT2D eigenvalue weighted by atomic mass is 19.1. The molecule has 2 N–H and O–H groups in total. The lowest BCUT2D eigenvalue weighted by molar-refractivity contribution is 0.0509. The summed E-state index contributed by atoms with van der Waals surface area (Å²) in [6.07, 6.45) is -0.567. The van der Waals surface area contributed by atoms with Crippen LogP contribution >= 0.6 is 0 Å².